The summed E-state index contributed by atoms with van der Waals surface area (Å²) in [5.41, 5.74) is 2.70. The van der Waals surface area contributed by atoms with Crippen molar-refractivity contribution in [2.75, 3.05) is 14.1 Å². The van der Waals surface area contributed by atoms with Gasteiger partial charge in [-0.05, 0) is 47.4 Å². The second-order valence-electron chi connectivity index (χ2n) is 8.16. The van der Waals surface area contributed by atoms with Crippen LogP contribution in [0.1, 0.15) is 35.1 Å². The summed E-state index contributed by atoms with van der Waals surface area (Å²) in [5.74, 6) is 0.424. The van der Waals surface area contributed by atoms with Crippen molar-refractivity contribution >= 4 is 39.2 Å². The summed E-state index contributed by atoms with van der Waals surface area (Å²) >= 11 is 2.85. The minimum Gasteiger partial charge on any atom is -0.348 e. The zero-order valence-electron chi connectivity index (χ0n) is 17.9. The normalized spacial score (nSPS) is 14.4. The number of carbonyl (C=O) groups is 1. The predicted molar refractivity (Wildman–Crippen MR) is 131 cm³/mol. The molecule has 1 fully saturated rings. The fourth-order valence-corrected chi connectivity index (χ4v) is 6.12. The quantitative estimate of drug-likeness (QED) is 0.291. The zero-order valence-corrected chi connectivity index (χ0v) is 19.5. The van der Waals surface area contributed by atoms with Gasteiger partial charge in [0.2, 0.25) is 5.91 Å². The Bertz CT molecular complexity index is 1330. The number of thioether (sulfide) groups is 1. The predicted octanol–water partition coefficient (Wildman–Crippen LogP) is 5.25. The first-order valence-electron chi connectivity index (χ1n) is 10.6. The number of likely N-dealkylation sites (N-methyl/N-ethyl adjacent to an activating group) is 1. The van der Waals surface area contributed by atoms with Crippen LogP contribution in [0.4, 0.5) is 0 Å². The Morgan fingerprint density at radius 1 is 1.09 bits per heavy atom. The highest BCUT2D eigenvalue weighted by Gasteiger charge is 2.31. The van der Waals surface area contributed by atoms with E-state index in [1.54, 1.807) is 23.6 Å². The van der Waals surface area contributed by atoms with E-state index in [0.29, 0.717) is 11.1 Å². The van der Waals surface area contributed by atoms with Gasteiger partial charge in [0.05, 0.1) is 11.1 Å². The summed E-state index contributed by atoms with van der Waals surface area (Å²) in [6.07, 6.45) is 2.25. The Kier molecular flexibility index (Phi) is 5.61. The van der Waals surface area contributed by atoms with Crippen LogP contribution in [0.3, 0.4) is 0 Å². The molecule has 0 bridgehead atoms. The number of rotatable bonds is 6. The Morgan fingerprint density at radius 2 is 1.75 bits per heavy atom. The molecule has 0 radical (unpaired) electrons. The molecule has 5 rings (SSSR count). The van der Waals surface area contributed by atoms with Gasteiger partial charge in [-0.25, -0.2) is 4.98 Å². The number of hydrogen-bond donors (Lipinski definition) is 0. The summed E-state index contributed by atoms with van der Waals surface area (Å²) in [6, 6.07) is 19.2. The van der Waals surface area contributed by atoms with Crippen molar-refractivity contribution in [1.82, 2.24) is 14.5 Å². The molecule has 0 saturated heterocycles. The molecule has 2 aromatic carbocycles. The van der Waals surface area contributed by atoms with E-state index < -0.39 is 5.25 Å². The molecule has 0 N–H and O–H groups in total. The van der Waals surface area contributed by atoms with Crippen molar-refractivity contribution in [2.45, 2.75) is 29.2 Å². The molecule has 1 aliphatic carbocycles. The second-order valence-corrected chi connectivity index (χ2v) is 10.1. The van der Waals surface area contributed by atoms with Gasteiger partial charge in [0.15, 0.2) is 5.16 Å². The minimum absolute atomic E-state index is 0.0417. The first kappa shape index (κ1) is 21.0. The lowest BCUT2D eigenvalue weighted by atomic mass is 10.1. The van der Waals surface area contributed by atoms with Crippen LogP contribution in [-0.2, 0) is 4.79 Å². The highest BCUT2D eigenvalue weighted by Crippen LogP contribution is 2.45. The maximum absolute atomic E-state index is 13.8. The number of para-hydroxylation sites is 1. The Balaban J connectivity index is 1.70. The van der Waals surface area contributed by atoms with Crippen LogP contribution in [0.15, 0.2) is 76.0 Å². The molecule has 4 aromatic rings. The van der Waals surface area contributed by atoms with Gasteiger partial charge >= 0.3 is 0 Å². The van der Waals surface area contributed by atoms with Gasteiger partial charge in [-0.1, -0.05) is 60.3 Å². The molecule has 0 spiro atoms. The van der Waals surface area contributed by atoms with E-state index in [4.69, 9.17) is 4.98 Å². The highest BCUT2D eigenvalue weighted by molar-refractivity contribution is 8.00. The van der Waals surface area contributed by atoms with Gasteiger partial charge in [-0.2, -0.15) is 0 Å². The first-order chi connectivity index (χ1) is 15.5. The number of amides is 1. The summed E-state index contributed by atoms with van der Waals surface area (Å²) < 4.78 is 1.67. The lowest BCUT2D eigenvalue weighted by Gasteiger charge is -2.22. The van der Waals surface area contributed by atoms with Gasteiger partial charge in [0.25, 0.3) is 5.56 Å². The summed E-state index contributed by atoms with van der Waals surface area (Å²) in [5, 5.41) is 2.83. The third kappa shape index (κ3) is 3.87. The molecule has 0 aliphatic heterocycles. The molecule has 1 unspecified atom stereocenters. The zero-order chi connectivity index (χ0) is 22.2. The number of nitrogens with zero attached hydrogens (tertiary/aromatic N) is 3. The average molecular weight is 462 g/mol. The van der Waals surface area contributed by atoms with Crippen molar-refractivity contribution in [3.8, 4) is 5.69 Å². The van der Waals surface area contributed by atoms with Crippen LogP contribution in [0.2, 0.25) is 0 Å². The highest BCUT2D eigenvalue weighted by atomic mass is 32.2. The topological polar surface area (TPSA) is 55.2 Å². The molecule has 1 atom stereocenters. The molecule has 1 saturated carbocycles. The molecule has 2 heterocycles. The van der Waals surface area contributed by atoms with Gasteiger partial charge in [-0.3, -0.25) is 14.2 Å². The molecular formula is C25H23N3O2S2. The lowest BCUT2D eigenvalue weighted by Crippen LogP contribution is -2.28. The molecule has 32 heavy (non-hydrogen) atoms. The van der Waals surface area contributed by atoms with E-state index in [1.807, 2.05) is 60.7 Å². The van der Waals surface area contributed by atoms with Gasteiger partial charge < -0.3 is 4.90 Å². The minimum atomic E-state index is -0.506. The largest absolute Gasteiger partial charge is 0.348 e. The molecule has 7 heteroatoms. The van der Waals surface area contributed by atoms with E-state index in [-0.39, 0.29) is 11.5 Å². The van der Waals surface area contributed by atoms with Crippen molar-refractivity contribution in [3.63, 3.8) is 0 Å². The van der Waals surface area contributed by atoms with Crippen molar-refractivity contribution in [3.05, 3.63) is 87.5 Å². The first-order valence-corrected chi connectivity index (χ1v) is 12.3. The number of hydrogen-bond acceptors (Lipinski definition) is 5. The number of benzene rings is 2. The third-order valence-electron chi connectivity index (χ3n) is 5.63. The monoisotopic (exact) mass is 461 g/mol. The molecule has 162 valence electrons. The van der Waals surface area contributed by atoms with Crippen LogP contribution in [0.25, 0.3) is 15.9 Å². The van der Waals surface area contributed by atoms with Crippen molar-refractivity contribution in [1.29, 1.82) is 0 Å². The van der Waals surface area contributed by atoms with Gasteiger partial charge in [0.1, 0.15) is 10.1 Å². The molecule has 1 aliphatic rings. The Morgan fingerprint density at radius 3 is 2.38 bits per heavy atom. The number of thiophene rings is 1. The fourth-order valence-electron chi connectivity index (χ4n) is 3.80. The van der Waals surface area contributed by atoms with Gasteiger partial charge in [0, 0.05) is 14.1 Å². The Labute approximate surface area is 194 Å². The third-order valence-corrected chi connectivity index (χ3v) is 7.71. The van der Waals surface area contributed by atoms with Crippen LogP contribution in [0, 0.1) is 0 Å². The Hall–Kier alpha value is -2.90. The van der Waals surface area contributed by atoms with E-state index in [9.17, 15) is 9.59 Å². The second kappa shape index (κ2) is 8.56. The van der Waals surface area contributed by atoms with E-state index >= 15 is 0 Å². The molecule has 2 aromatic heterocycles. The van der Waals surface area contributed by atoms with Crippen molar-refractivity contribution in [2.24, 2.45) is 0 Å². The van der Waals surface area contributed by atoms with Crippen molar-refractivity contribution < 1.29 is 4.79 Å². The maximum Gasteiger partial charge on any atom is 0.267 e. The van der Waals surface area contributed by atoms with Crippen LogP contribution in [0.5, 0.6) is 0 Å². The molecule has 1 amide bonds. The lowest BCUT2D eigenvalue weighted by molar-refractivity contribution is -0.128. The number of aromatic nitrogens is 2. The molecular weight excluding hydrogens is 438 g/mol. The SMILES string of the molecule is CN(C)C(=O)C(Sc1nc2scc(C3CC3)c2c(=O)n1-c1ccccc1)c1ccccc1. The standard InChI is InChI=1S/C25H23N3O2S2/c1-27(2)24(30)21(17-9-5-3-6-10-17)32-25-26-22-20(19(15-31-22)16-13-14-16)23(29)28(25)18-11-7-4-8-12-18/h3-12,15-16,21H,13-14H2,1-2H3. The van der Waals surface area contributed by atoms with E-state index in [0.717, 1.165) is 39.9 Å². The number of fused-ring (bicyclic) bond motifs is 1. The number of carbonyl (C=O) groups excluding carboxylic acids is 1. The van der Waals surface area contributed by atoms with E-state index in [1.165, 1.54) is 23.1 Å². The fraction of sp³-hybridized carbons (Fsp3) is 0.240. The average Bonchev–Trinajstić information content (AvgIpc) is 3.57. The van der Waals surface area contributed by atoms with Crippen LogP contribution in [-0.4, -0.2) is 34.5 Å². The van der Waals surface area contributed by atoms with Crippen LogP contribution >= 0.6 is 23.1 Å². The van der Waals surface area contributed by atoms with Gasteiger partial charge in [-0.15, -0.1) is 11.3 Å². The smallest absolute Gasteiger partial charge is 0.267 e. The maximum atomic E-state index is 13.8. The molecule has 5 nitrogen and oxygen atoms in total. The summed E-state index contributed by atoms with van der Waals surface area (Å²) in [7, 11) is 3.50. The van der Waals surface area contributed by atoms with E-state index in [2.05, 4.69) is 5.38 Å². The van der Waals surface area contributed by atoms with Crippen LogP contribution < -0.4 is 5.56 Å². The summed E-state index contributed by atoms with van der Waals surface area (Å²) in [6.45, 7) is 0. The summed E-state index contributed by atoms with van der Waals surface area (Å²) in [4.78, 5) is 34.2.